The van der Waals surface area contributed by atoms with E-state index in [0.717, 1.165) is 5.56 Å². The van der Waals surface area contributed by atoms with Gasteiger partial charge in [0.05, 0.1) is 4.90 Å². The molecule has 5 nitrogen and oxygen atoms in total. The number of benzene rings is 1. The zero-order chi connectivity index (χ0) is 13.1. The molecule has 1 aromatic rings. The Morgan fingerprint density at radius 3 is 2.24 bits per heavy atom. The van der Waals surface area contributed by atoms with Gasteiger partial charge in [-0.1, -0.05) is 17.7 Å². The number of rotatable bonds is 4. The van der Waals surface area contributed by atoms with Gasteiger partial charge in [0.2, 0.25) is 5.91 Å². The lowest BCUT2D eigenvalue weighted by Gasteiger charge is -2.10. The van der Waals surface area contributed by atoms with Crippen molar-refractivity contribution in [3.63, 3.8) is 0 Å². The quantitative estimate of drug-likeness (QED) is 0.748. The Balaban J connectivity index is 2.76. The van der Waals surface area contributed by atoms with E-state index >= 15 is 0 Å². The molecule has 0 aliphatic heterocycles. The molecule has 0 aliphatic rings. The largest absolute Gasteiger partial charge is 0.347 e. The molecule has 0 bridgehead atoms. The minimum absolute atomic E-state index is 0.0506. The molecule has 6 heteroatoms. The van der Waals surface area contributed by atoms with Gasteiger partial charge in [0.1, 0.15) is 6.61 Å². The number of nitrogens with zero attached hydrogens (tertiary/aromatic N) is 1. The normalized spacial score (nSPS) is 11.2. The maximum Gasteiger partial charge on any atom is 0.297 e. The van der Waals surface area contributed by atoms with Crippen LogP contribution in [0.4, 0.5) is 0 Å². The van der Waals surface area contributed by atoms with E-state index in [-0.39, 0.29) is 4.90 Å². The van der Waals surface area contributed by atoms with Crippen molar-refractivity contribution >= 4 is 16.0 Å². The standard InChI is InChI=1S/C11H15NO4S/c1-9-4-6-10(7-5-9)17(14,15)16-8-11(13)12(2)3/h4-7H,8H2,1-3H3. The van der Waals surface area contributed by atoms with Crippen molar-refractivity contribution < 1.29 is 17.4 Å². The number of carbonyl (C=O) groups is 1. The van der Waals surface area contributed by atoms with Crippen LogP contribution in [0.15, 0.2) is 29.2 Å². The van der Waals surface area contributed by atoms with E-state index in [2.05, 4.69) is 4.18 Å². The number of likely N-dealkylation sites (N-methyl/N-ethyl adjacent to an activating group) is 1. The van der Waals surface area contributed by atoms with Crippen molar-refractivity contribution in [1.29, 1.82) is 0 Å². The summed E-state index contributed by atoms with van der Waals surface area (Å²) in [5, 5.41) is 0. The van der Waals surface area contributed by atoms with E-state index in [1.54, 1.807) is 12.1 Å². The summed E-state index contributed by atoms with van der Waals surface area (Å²) in [6.45, 7) is 1.37. The molecule has 0 unspecified atom stereocenters. The summed E-state index contributed by atoms with van der Waals surface area (Å²) >= 11 is 0. The third-order valence-electron chi connectivity index (χ3n) is 2.15. The number of amides is 1. The summed E-state index contributed by atoms with van der Waals surface area (Å²) in [6, 6.07) is 6.24. The molecule has 0 aliphatic carbocycles. The molecule has 0 fully saturated rings. The Kier molecular flexibility index (Phi) is 4.25. The minimum atomic E-state index is -3.85. The number of aryl methyl sites for hydroxylation is 1. The summed E-state index contributed by atoms with van der Waals surface area (Å²) in [5.41, 5.74) is 0.952. The lowest BCUT2D eigenvalue weighted by Crippen LogP contribution is -2.27. The van der Waals surface area contributed by atoms with Gasteiger partial charge in [0, 0.05) is 14.1 Å². The molecule has 1 rings (SSSR count). The van der Waals surface area contributed by atoms with E-state index in [9.17, 15) is 13.2 Å². The highest BCUT2D eigenvalue weighted by Gasteiger charge is 2.17. The van der Waals surface area contributed by atoms with Gasteiger partial charge in [0.25, 0.3) is 10.1 Å². The van der Waals surface area contributed by atoms with Gasteiger partial charge in [-0.2, -0.15) is 8.42 Å². The zero-order valence-corrected chi connectivity index (χ0v) is 10.8. The number of hydrogen-bond donors (Lipinski definition) is 0. The van der Waals surface area contributed by atoms with Crippen LogP contribution in [-0.2, 0) is 19.1 Å². The highest BCUT2D eigenvalue weighted by Crippen LogP contribution is 2.12. The fourth-order valence-electron chi connectivity index (χ4n) is 1.03. The molecule has 1 aromatic carbocycles. The molecule has 0 radical (unpaired) electrons. The van der Waals surface area contributed by atoms with E-state index in [1.807, 2.05) is 6.92 Å². The van der Waals surface area contributed by atoms with Gasteiger partial charge in [-0.05, 0) is 19.1 Å². The average molecular weight is 257 g/mol. The molecular weight excluding hydrogens is 242 g/mol. The Bertz CT molecular complexity index is 491. The first-order valence-electron chi connectivity index (χ1n) is 4.99. The van der Waals surface area contributed by atoms with E-state index in [4.69, 9.17) is 0 Å². The van der Waals surface area contributed by atoms with Crippen LogP contribution in [0.1, 0.15) is 5.56 Å². The first kappa shape index (κ1) is 13.7. The second kappa shape index (κ2) is 5.29. The molecule has 94 valence electrons. The fourth-order valence-corrected chi connectivity index (χ4v) is 1.89. The first-order valence-corrected chi connectivity index (χ1v) is 6.40. The number of hydrogen-bond acceptors (Lipinski definition) is 4. The van der Waals surface area contributed by atoms with Crippen LogP contribution in [0.2, 0.25) is 0 Å². The maximum atomic E-state index is 11.7. The minimum Gasteiger partial charge on any atom is -0.347 e. The molecule has 0 aromatic heterocycles. The molecule has 0 spiro atoms. The molecule has 0 saturated carbocycles. The first-order chi connectivity index (χ1) is 7.83. The monoisotopic (exact) mass is 257 g/mol. The van der Waals surface area contributed by atoms with Crippen molar-refractivity contribution in [3.05, 3.63) is 29.8 Å². The van der Waals surface area contributed by atoms with Gasteiger partial charge < -0.3 is 4.90 Å². The maximum absolute atomic E-state index is 11.7. The van der Waals surface area contributed by atoms with Crippen molar-refractivity contribution in [2.24, 2.45) is 0 Å². The summed E-state index contributed by atoms with van der Waals surface area (Å²) in [4.78, 5) is 12.5. The summed E-state index contributed by atoms with van der Waals surface area (Å²) in [7, 11) is -0.789. The van der Waals surface area contributed by atoms with Gasteiger partial charge >= 0.3 is 0 Å². The van der Waals surface area contributed by atoms with E-state index in [1.165, 1.54) is 31.1 Å². The van der Waals surface area contributed by atoms with Crippen LogP contribution in [0.3, 0.4) is 0 Å². The SMILES string of the molecule is Cc1ccc(S(=O)(=O)OCC(=O)N(C)C)cc1. The van der Waals surface area contributed by atoms with Crippen LogP contribution < -0.4 is 0 Å². The third kappa shape index (κ3) is 3.83. The second-order valence-electron chi connectivity index (χ2n) is 3.82. The van der Waals surface area contributed by atoms with Gasteiger partial charge in [-0.15, -0.1) is 0 Å². The highest BCUT2D eigenvalue weighted by molar-refractivity contribution is 7.86. The van der Waals surface area contributed by atoms with Crippen LogP contribution in [0, 0.1) is 6.92 Å². The van der Waals surface area contributed by atoms with Crippen molar-refractivity contribution in [2.75, 3.05) is 20.7 Å². The molecule has 0 saturated heterocycles. The lowest BCUT2D eigenvalue weighted by molar-refractivity contribution is -0.130. The smallest absolute Gasteiger partial charge is 0.297 e. The van der Waals surface area contributed by atoms with Crippen molar-refractivity contribution in [1.82, 2.24) is 4.90 Å². The van der Waals surface area contributed by atoms with Crippen LogP contribution in [0.25, 0.3) is 0 Å². The van der Waals surface area contributed by atoms with E-state index < -0.39 is 22.6 Å². The summed E-state index contributed by atoms with van der Waals surface area (Å²) in [6.07, 6.45) is 0. The molecule has 0 heterocycles. The van der Waals surface area contributed by atoms with Gasteiger partial charge in [0.15, 0.2) is 0 Å². The van der Waals surface area contributed by atoms with Gasteiger partial charge in [-0.25, -0.2) is 0 Å². The van der Waals surface area contributed by atoms with E-state index in [0.29, 0.717) is 0 Å². The summed E-state index contributed by atoms with van der Waals surface area (Å²) < 4.78 is 28.0. The zero-order valence-electron chi connectivity index (χ0n) is 10.0. The summed E-state index contributed by atoms with van der Waals surface area (Å²) in [5.74, 6) is -0.402. The average Bonchev–Trinajstić information content (AvgIpc) is 2.26. The lowest BCUT2D eigenvalue weighted by atomic mass is 10.2. The highest BCUT2D eigenvalue weighted by atomic mass is 32.2. The predicted octanol–water partition coefficient (Wildman–Crippen LogP) is 0.789. The molecule has 0 atom stereocenters. The second-order valence-corrected chi connectivity index (χ2v) is 5.43. The van der Waals surface area contributed by atoms with Crippen molar-refractivity contribution in [2.45, 2.75) is 11.8 Å². The van der Waals surface area contributed by atoms with Gasteiger partial charge in [-0.3, -0.25) is 8.98 Å². The fraction of sp³-hybridized carbons (Fsp3) is 0.364. The molecular formula is C11H15NO4S. The Morgan fingerprint density at radius 2 is 1.76 bits per heavy atom. The van der Waals surface area contributed by atoms with Crippen LogP contribution in [0.5, 0.6) is 0 Å². The third-order valence-corrected chi connectivity index (χ3v) is 3.42. The molecule has 0 N–H and O–H groups in total. The Labute approximate surface area is 101 Å². The molecule has 1 amide bonds. The Morgan fingerprint density at radius 1 is 1.24 bits per heavy atom. The van der Waals surface area contributed by atoms with Crippen LogP contribution in [-0.4, -0.2) is 39.9 Å². The predicted molar refractivity (Wildman–Crippen MR) is 63.0 cm³/mol. The van der Waals surface area contributed by atoms with Crippen LogP contribution >= 0.6 is 0 Å². The molecule has 17 heavy (non-hydrogen) atoms. The topological polar surface area (TPSA) is 63.7 Å². The van der Waals surface area contributed by atoms with Crippen molar-refractivity contribution in [3.8, 4) is 0 Å². The Hall–Kier alpha value is -1.40. The number of carbonyl (C=O) groups excluding carboxylic acids is 1.